The summed E-state index contributed by atoms with van der Waals surface area (Å²) in [6.07, 6.45) is 1.89. The van der Waals surface area contributed by atoms with Crippen molar-refractivity contribution in [1.82, 2.24) is 4.57 Å². The maximum absolute atomic E-state index is 11.4. The second-order valence-electron chi connectivity index (χ2n) is 5.91. The van der Waals surface area contributed by atoms with Crippen molar-refractivity contribution in [3.05, 3.63) is 18.0 Å². The Morgan fingerprint density at radius 2 is 1.72 bits per heavy atom. The normalized spacial score (nSPS) is 21.3. The monoisotopic (exact) mass is 249 g/mol. The molecule has 0 aromatic carbocycles. The van der Waals surface area contributed by atoms with Gasteiger partial charge in [-0.3, -0.25) is 4.79 Å². The summed E-state index contributed by atoms with van der Waals surface area (Å²) in [5.74, 6) is 0.0419. The second kappa shape index (κ2) is 3.97. The molecule has 1 aromatic rings. The first kappa shape index (κ1) is 13.4. The Morgan fingerprint density at radius 3 is 2.11 bits per heavy atom. The van der Waals surface area contributed by atoms with Gasteiger partial charge in [-0.25, -0.2) is 0 Å². The summed E-state index contributed by atoms with van der Waals surface area (Å²) in [5.41, 5.74) is 0.842. The van der Waals surface area contributed by atoms with Crippen LogP contribution >= 0.6 is 0 Å². The largest absolute Gasteiger partial charge is 0.496 e. The van der Waals surface area contributed by atoms with Crippen LogP contribution < -0.4 is 5.46 Å². The van der Waals surface area contributed by atoms with E-state index in [9.17, 15) is 4.79 Å². The van der Waals surface area contributed by atoms with Gasteiger partial charge in [0.2, 0.25) is 0 Å². The van der Waals surface area contributed by atoms with E-state index in [2.05, 4.69) is 0 Å². The van der Waals surface area contributed by atoms with Gasteiger partial charge in [-0.05, 0) is 33.8 Å². The molecule has 0 unspecified atom stereocenters. The third-order valence-electron chi connectivity index (χ3n) is 3.91. The molecule has 0 bridgehead atoms. The molecular weight excluding hydrogens is 229 g/mol. The number of carbonyl (C=O) groups is 1. The molecule has 2 heterocycles. The lowest BCUT2D eigenvalue weighted by Gasteiger charge is -2.32. The van der Waals surface area contributed by atoms with E-state index in [0.29, 0.717) is 5.69 Å². The summed E-state index contributed by atoms with van der Waals surface area (Å²) in [6.45, 7) is 9.62. The fraction of sp³-hybridized carbons (Fsp3) is 0.615. The summed E-state index contributed by atoms with van der Waals surface area (Å²) in [4.78, 5) is 11.4. The van der Waals surface area contributed by atoms with Crippen molar-refractivity contribution in [3.8, 4) is 0 Å². The van der Waals surface area contributed by atoms with Crippen molar-refractivity contribution in [1.29, 1.82) is 0 Å². The zero-order chi connectivity index (χ0) is 13.7. The average molecular weight is 249 g/mol. The molecule has 2 rings (SSSR count). The van der Waals surface area contributed by atoms with Crippen molar-refractivity contribution in [2.75, 3.05) is 0 Å². The number of hydrogen-bond acceptors (Lipinski definition) is 3. The van der Waals surface area contributed by atoms with Gasteiger partial charge < -0.3 is 13.9 Å². The zero-order valence-electron chi connectivity index (χ0n) is 11.9. The molecule has 0 amide bonds. The summed E-state index contributed by atoms with van der Waals surface area (Å²) < 4.78 is 13.7. The van der Waals surface area contributed by atoms with Gasteiger partial charge in [0.1, 0.15) is 0 Å². The lowest BCUT2D eigenvalue weighted by Crippen LogP contribution is -2.41. The molecule has 1 saturated heterocycles. The highest BCUT2D eigenvalue weighted by Crippen LogP contribution is 2.36. The average Bonchev–Trinajstić information content (AvgIpc) is 2.66. The SMILES string of the molecule is CC(=O)c1cc(B2OC(C)(C)C(C)(C)O2)cn1C. The first-order chi connectivity index (χ1) is 8.14. The molecule has 0 aliphatic carbocycles. The predicted octanol–water partition coefficient (Wildman–Crippen LogP) is 1.53. The quantitative estimate of drug-likeness (QED) is 0.589. The maximum atomic E-state index is 11.4. The second-order valence-corrected chi connectivity index (χ2v) is 5.91. The molecule has 18 heavy (non-hydrogen) atoms. The smallest absolute Gasteiger partial charge is 0.399 e. The van der Waals surface area contributed by atoms with E-state index >= 15 is 0 Å². The zero-order valence-corrected chi connectivity index (χ0v) is 11.9. The highest BCUT2D eigenvalue weighted by atomic mass is 16.7. The summed E-state index contributed by atoms with van der Waals surface area (Å²) in [5, 5.41) is 0. The molecule has 0 radical (unpaired) electrons. The highest BCUT2D eigenvalue weighted by molar-refractivity contribution is 6.62. The third kappa shape index (κ3) is 2.02. The van der Waals surface area contributed by atoms with Gasteiger partial charge in [0.25, 0.3) is 0 Å². The van der Waals surface area contributed by atoms with Crippen LogP contribution in [0.15, 0.2) is 12.3 Å². The van der Waals surface area contributed by atoms with Crippen LogP contribution in [0, 0.1) is 0 Å². The van der Waals surface area contributed by atoms with E-state index < -0.39 is 7.12 Å². The molecule has 1 fully saturated rings. The number of ketones is 1. The molecule has 4 nitrogen and oxygen atoms in total. The molecule has 5 heteroatoms. The van der Waals surface area contributed by atoms with Crippen molar-refractivity contribution in [3.63, 3.8) is 0 Å². The Balaban J connectivity index is 2.30. The first-order valence-corrected chi connectivity index (χ1v) is 6.17. The van der Waals surface area contributed by atoms with E-state index in [1.807, 2.05) is 51.6 Å². The summed E-state index contributed by atoms with van der Waals surface area (Å²) >= 11 is 0. The molecule has 98 valence electrons. The van der Waals surface area contributed by atoms with Gasteiger partial charge in [-0.2, -0.15) is 0 Å². The van der Waals surface area contributed by atoms with Gasteiger partial charge >= 0.3 is 7.12 Å². The standard InChI is InChI=1S/C13H20BNO3/c1-9(16)11-7-10(8-15(11)6)14-17-12(2,3)13(4,5)18-14/h7-8H,1-6H3. The number of rotatable bonds is 2. The number of nitrogens with zero attached hydrogens (tertiary/aromatic N) is 1. The number of aryl methyl sites for hydroxylation is 1. The van der Waals surface area contributed by atoms with Crippen LogP contribution in [0.25, 0.3) is 0 Å². The predicted molar refractivity (Wildman–Crippen MR) is 71.1 cm³/mol. The van der Waals surface area contributed by atoms with Crippen LogP contribution in [-0.2, 0) is 16.4 Å². The van der Waals surface area contributed by atoms with Crippen molar-refractivity contribution >= 4 is 18.4 Å². The Bertz CT molecular complexity index is 474. The van der Waals surface area contributed by atoms with Crippen LogP contribution in [0.5, 0.6) is 0 Å². The van der Waals surface area contributed by atoms with E-state index in [0.717, 1.165) is 5.46 Å². The Labute approximate surface area is 108 Å². The van der Waals surface area contributed by atoms with E-state index in [1.165, 1.54) is 0 Å². The van der Waals surface area contributed by atoms with Gasteiger partial charge in [0, 0.05) is 25.6 Å². The van der Waals surface area contributed by atoms with Crippen LogP contribution in [0.3, 0.4) is 0 Å². The van der Waals surface area contributed by atoms with Crippen LogP contribution in [0.4, 0.5) is 0 Å². The molecule has 1 aliphatic rings. The van der Waals surface area contributed by atoms with Crippen molar-refractivity contribution in [2.24, 2.45) is 7.05 Å². The molecule has 1 aliphatic heterocycles. The Morgan fingerprint density at radius 1 is 1.22 bits per heavy atom. The third-order valence-corrected chi connectivity index (χ3v) is 3.91. The number of Topliss-reactive ketones (excluding diaryl/α,β-unsaturated/α-hetero) is 1. The molecule has 0 saturated carbocycles. The number of carbonyl (C=O) groups excluding carboxylic acids is 1. The van der Waals surface area contributed by atoms with Gasteiger partial charge in [0.05, 0.1) is 16.9 Å². The summed E-state index contributed by atoms with van der Waals surface area (Å²) in [6, 6.07) is 1.84. The maximum Gasteiger partial charge on any atom is 0.496 e. The minimum atomic E-state index is -0.408. The van der Waals surface area contributed by atoms with E-state index in [4.69, 9.17) is 9.31 Å². The van der Waals surface area contributed by atoms with E-state index in [1.54, 1.807) is 6.92 Å². The van der Waals surface area contributed by atoms with Crippen LogP contribution in [0.1, 0.15) is 45.1 Å². The Kier molecular flexibility index (Phi) is 2.95. The lowest BCUT2D eigenvalue weighted by atomic mass is 9.81. The van der Waals surface area contributed by atoms with Gasteiger partial charge in [-0.15, -0.1) is 0 Å². The molecular formula is C13H20BNO3. The molecule has 0 spiro atoms. The lowest BCUT2D eigenvalue weighted by molar-refractivity contribution is 0.00578. The number of hydrogen-bond donors (Lipinski definition) is 0. The molecule has 0 N–H and O–H groups in total. The van der Waals surface area contributed by atoms with Crippen LogP contribution in [0.2, 0.25) is 0 Å². The fourth-order valence-electron chi connectivity index (χ4n) is 2.05. The minimum Gasteiger partial charge on any atom is -0.399 e. The first-order valence-electron chi connectivity index (χ1n) is 6.17. The fourth-order valence-corrected chi connectivity index (χ4v) is 2.05. The molecule has 1 aromatic heterocycles. The van der Waals surface area contributed by atoms with Crippen molar-refractivity contribution < 1.29 is 14.1 Å². The number of aromatic nitrogens is 1. The summed E-state index contributed by atoms with van der Waals surface area (Å²) in [7, 11) is 1.44. The Hall–Kier alpha value is -1.07. The minimum absolute atomic E-state index is 0.0419. The highest BCUT2D eigenvalue weighted by Gasteiger charge is 2.52. The molecule has 0 atom stereocenters. The van der Waals surface area contributed by atoms with Gasteiger partial charge in [0.15, 0.2) is 5.78 Å². The van der Waals surface area contributed by atoms with Crippen molar-refractivity contribution in [2.45, 2.75) is 45.8 Å². The van der Waals surface area contributed by atoms with Gasteiger partial charge in [-0.1, -0.05) is 0 Å². The van der Waals surface area contributed by atoms with Crippen LogP contribution in [-0.4, -0.2) is 28.7 Å². The van der Waals surface area contributed by atoms with E-state index in [-0.39, 0.29) is 17.0 Å². The topological polar surface area (TPSA) is 40.5 Å².